The number of allylic oxidation sites excluding steroid dienone is 20. The molecule has 17 nitrogen and oxygen atoms in total. The molecule has 0 amide bonds. The zero-order valence-corrected chi connectivity index (χ0v) is 67.2. The van der Waals surface area contributed by atoms with Gasteiger partial charge in [-0.25, -0.2) is 9.13 Å². The van der Waals surface area contributed by atoms with E-state index in [0.717, 1.165) is 218 Å². The molecule has 0 saturated heterocycles. The molecule has 0 aromatic carbocycles. The van der Waals surface area contributed by atoms with E-state index >= 15 is 0 Å². The van der Waals surface area contributed by atoms with Crippen LogP contribution in [-0.4, -0.2) is 96.7 Å². The summed E-state index contributed by atoms with van der Waals surface area (Å²) in [5.41, 5.74) is 0. The fraction of sp³-hybridized carbons (Fsp3) is 0.718. The monoisotopic (exact) mass is 1500 g/mol. The number of phosphoric ester groups is 2. The van der Waals surface area contributed by atoms with Gasteiger partial charge in [0, 0.05) is 25.7 Å². The summed E-state index contributed by atoms with van der Waals surface area (Å²) in [7, 11) is -9.96. The first kappa shape index (κ1) is 99.5. The summed E-state index contributed by atoms with van der Waals surface area (Å²) < 4.78 is 68.7. The molecule has 3 N–H and O–H groups in total. The van der Waals surface area contributed by atoms with Crippen molar-refractivity contribution >= 4 is 39.5 Å². The van der Waals surface area contributed by atoms with Crippen molar-refractivity contribution in [1.29, 1.82) is 0 Å². The van der Waals surface area contributed by atoms with Crippen LogP contribution in [0.3, 0.4) is 0 Å². The highest BCUT2D eigenvalue weighted by molar-refractivity contribution is 7.47. The van der Waals surface area contributed by atoms with E-state index in [2.05, 4.69) is 149 Å². The van der Waals surface area contributed by atoms with Crippen molar-refractivity contribution in [2.45, 2.75) is 354 Å². The zero-order valence-electron chi connectivity index (χ0n) is 65.4. The Balaban J connectivity index is 5.34. The molecule has 0 aliphatic carbocycles. The number of hydrogen-bond acceptors (Lipinski definition) is 15. The normalized spacial score (nSPS) is 14.5. The van der Waals surface area contributed by atoms with Gasteiger partial charge in [-0.1, -0.05) is 303 Å². The second-order valence-corrected chi connectivity index (χ2v) is 29.8. The molecule has 104 heavy (non-hydrogen) atoms. The van der Waals surface area contributed by atoms with Crippen molar-refractivity contribution in [2.75, 3.05) is 39.6 Å². The SMILES string of the molecule is CC/C=C\C/C=C\C/C=C\C/C=C\CCCCCCCCC(=O)OCC(COP(=O)(O)OCC(O)COP(=O)(O)OCC(COC(=O)CCCCCCCCC/C=C\C/C=C\C/C=C\CC)OC(=O)CCCCCCCCCCCCC)OC(=O)CCCCCCCCC/C=C\C/C=C\C/C=C\CC. The smallest absolute Gasteiger partial charge is 0.462 e. The van der Waals surface area contributed by atoms with Crippen molar-refractivity contribution in [3.63, 3.8) is 0 Å². The predicted molar refractivity (Wildman–Crippen MR) is 427 cm³/mol. The third-order valence-electron chi connectivity index (χ3n) is 16.9. The van der Waals surface area contributed by atoms with Gasteiger partial charge in [0.05, 0.1) is 26.4 Å². The molecule has 5 unspecified atom stereocenters. The predicted octanol–water partition coefficient (Wildman–Crippen LogP) is 23.9. The molecular formula is C85H146O17P2. The van der Waals surface area contributed by atoms with Gasteiger partial charge in [0.2, 0.25) is 0 Å². The van der Waals surface area contributed by atoms with E-state index in [1.54, 1.807) is 0 Å². The molecule has 5 atom stereocenters. The van der Waals surface area contributed by atoms with Crippen LogP contribution < -0.4 is 0 Å². The lowest BCUT2D eigenvalue weighted by atomic mass is 10.1. The summed E-state index contributed by atoms with van der Waals surface area (Å²) in [6, 6.07) is 0. The highest BCUT2D eigenvalue weighted by atomic mass is 31.2. The first-order valence-corrected chi connectivity index (χ1v) is 43.8. The highest BCUT2D eigenvalue weighted by Gasteiger charge is 2.30. The number of esters is 4. The van der Waals surface area contributed by atoms with Crippen LogP contribution in [0.4, 0.5) is 0 Å². The molecule has 0 heterocycles. The average molecular weight is 1500 g/mol. The molecule has 0 radical (unpaired) electrons. The number of aliphatic hydroxyl groups is 1. The number of hydrogen-bond donors (Lipinski definition) is 3. The van der Waals surface area contributed by atoms with Crippen LogP contribution >= 0.6 is 15.6 Å². The Labute approximate surface area is 632 Å². The largest absolute Gasteiger partial charge is 0.472 e. The van der Waals surface area contributed by atoms with Crippen molar-refractivity contribution in [3.05, 3.63) is 122 Å². The molecule has 0 aromatic heterocycles. The van der Waals surface area contributed by atoms with Crippen LogP contribution in [0.2, 0.25) is 0 Å². The van der Waals surface area contributed by atoms with Gasteiger partial charge in [-0.05, 0) is 128 Å². The van der Waals surface area contributed by atoms with Gasteiger partial charge in [0.25, 0.3) is 0 Å². The van der Waals surface area contributed by atoms with E-state index < -0.39 is 97.5 Å². The van der Waals surface area contributed by atoms with E-state index in [4.69, 9.17) is 37.0 Å². The number of ether oxygens (including phenoxy) is 4. The molecule has 0 spiro atoms. The van der Waals surface area contributed by atoms with Crippen LogP contribution in [0.15, 0.2) is 122 Å². The van der Waals surface area contributed by atoms with Gasteiger partial charge in [-0.3, -0.25) is 37.3 Å². The summed E-state index contributed by atoms with van der Waals surface area (Å²) >= 11 is 0. The first-order valence-electron chi connectivity index (χ1n) is 40.8. The Morgan fingerprint density at radius 1 is 0.279 bits per heavy atom. The summed E-state index contributed by atoms with van der Waals surface area (Å²) in [5, 5.41) is 10.6. The molecule has 0 aliphatic heterocycles. The Kier molecular flexibility index (Phi) is 73.3. The van der Waals surface area contributed by atoms with Crippen LogP contribution in [0.5, 0.6) is 0 Å². The van der Waals surface area contributed by atoms with Crippen LogP contribution in [-0.2, 0) is 65.4 Å². The minimum absolute atomic E-state index is 0.0788. The maximum Gasteiger partial charge on any atom is 0.472 e. The quantitative estimate of drug-likeness (QED) is 0.0169. The minimum Gasteiger partial charge on any atom is -0.462 e. The molecule has 0 aliphatic rings. The molecule has 0 rings (SSSR count). The van der Waals surface area contributed by atoms with E-state index in [1.807, 2.05) is 0 Å². The Morgan fingerprint density at radius 2 is 0.500 bits per heavy atom. The van der Waals surface area contributed by atoms with Gasteiger partial charge >= 0.3 is 39.5 Å². The van der Waals surface area contributed by atoms with Crippen molar-refractivity contribution in [2.24, 2.45) is 0 Å². The summed E-state index contributed by atoms with van der Waals surface area (Å²) in [4.78, 5) is 73.1. The molecule has 598 valence electrons. The van der Waals surface area contributed by atoms with Gasteiger partial charge in [0.1, 0.15) is 19.3 Å². The van der Waals surface area contributed by atoms with Crippen molar-refractivity contribution in [3.8, 4) is 0 Å². The number of carbonyl (C=O) groups is 4. The third-order valence-corrected chi connectivity index (χ3v) is 18.8. The number of aliphatic hydroxyl groups excluding tert-OH is 1. The van der Waals surface area contributed by atoms with Crippen molar-refractivity contribution < 1.29 is 80.2 Å². The number of carbonyl (C=O) groups excluding carboxylic acids is 4. The van der Waals surface area contributed by atoms with Crippen LogP contribution in [0.25, 0.3) is 0 Å². The second-order valence-electron chi connectivity index (χ2n) is 26.9. The third kappa shape index (κ3) is 75.7. The summed E-state index contributed by atoms with van der Waals surface area (Å²) in [6.07, 6.45) is 84.5. The molecule has 19 heteroatoms. The van der Waals surface area contributed by atoms with Gasteiger partial charge in [-0.2, -0.15) is 0 Å². The first-order chi connectivity index (χ1) is 50.7. The minimum atomic E-state index is -4.99. The molecule has 0 saturated carbocycles. The van der Waals surface area contributed by atoms with E-state index in [1.165, 1.54) is 38.5 Å². The lowest BCUT2D eigenvalue weighted by Crippen LogP contribution is -2.30. The number of unbranched alkanes of at least 4 members (excludes halogenated alkanes) is 30. The Hall–Kier alpha value is -4.54. The molecule has 0 bridgehead atoms. The molecular weight excluding hydrogens is 1350 g/mol. The van der Waals surface area contributed by atoms with E-state index in [0.29, 0.717) is 25.7 Å². The van der Waals surface area contributed by atoms with Gasteiger partial charge < -0.3 is 33.8 Å². The Morgan fingerprint density at radius 3 is 0.769 bits per heavy atom. The summed E-state index contributed by atoms with van der Waals surface area (Å²) in [6.45, 7) is 4.53. The van der Waals surface area contributed by atoms with E-state index in [-0.39, 0.29) is 25.7 Å². The van der Waals surface area contributed by atoms with Gasteiger partial charge in [0.15, 0.2) is 12.2 Å². The lowest BCUT2D eigenvalue weighted by molar-refractivity contribution is -0.161. The highest BCUT2D eigenvalue weighted by Crippen LogP contribution is 2.45. The van der Waals surface area contributed by atoms with Crippen LogP contribution in [0.1, 0.15) is 336 Å². The number of phosphoric acid groups is 2. The van der Waals surface area contributed by atoms with Crippen LogP contribution in [0, 0.1) is 0 Å². The molecule has 0 fully saturated rings. The topological polar surface area (TPSA) is 237 Å². The lowest BCUT2D eigenvalue weighted by Gasteiger charge is -2.21. The zero-order chi connectivity index (χ0) is 76.0. The number of rotatable bonds is 76. The second kappa shape index (κ2) is 76.6. The van der Waals surface area contributed by atoms with Crippen molar-refractivity contribution in [1.82, 2.24) is 0 Å². The Bertz CT molecular complexity index is 2440. The van der Waals surface area contributed by atoms with Gasteiger partial charge in [-0.15, -0.1) is 0 Å². The average Bonchev–Trinajstić information content (AvgIpc) is 0.931. The molecule has 0 aromatic rings. The summed E-state index contributed by atoms with van der Waals surface area (Å²) in [5.74, 6) is -2.20. The fourth-order valence-corrected chi connectivity index (χ4v) is 12.4. The fourth-order valence-electron chi connectivity index (χ4n) is 10.8. The van der Waals surface area contributed by atoms with E-state index in [9.17, 15) is 43.2 Å². The standard InChI is InChI=1S/C85H146O17P2/c1-5-9-13-17-21-25-29-32-35-38-39-42-44-47-51-54-58-62-66-70-83(88)96-76-81(102-85(90)72-68-64-60-56-52-48-45-41-37-34-31-27-23-19-15-11-7-3)78-100-104(93,94)98-74-79(86)73-97-103(91,92)99-77-80(101-84(89)71-67-63-59-55-49-28-24-20-16-12-8-4)75-95-82(87)69-65-61-57-53-50-46-43-40-36-33-30-26-22-18-14-10-6-2/h9-11,13-15,21-23,25-27,32-37,39,42,79-81,86H,5-8,12,16-20,24,28-31,38,40-41,43-78H2,1-4H3,(H,91,92)(H,93,94)/b13-9-,14-10-,15-11-,25-21-,26-22-,27-23-,35-32-,36-33-,37-34-,42-39-. The maximum atomic E-state index is 13.1. The maximum absolute atomic E-state index is 13.1.